The Labute approximate surface area is 140 Å². The molecule has 0 aliphatic carbocycles. The highest BCUT2D eigenvalue weighted by molar-refractivity contribution is 6.08. The molecule has 5 heteroatoms. The number of carbonyl (C=O) groups excluding carboxylic acids is 2. The van der Waals surface area contributed by atoms with E-state index in [1.165, 1.54) is 5.56 Å². The van der Waals surface area contributed by atoms with Crippen LogP contribution in [0.25, 0.3) is 0 Å². The first-order valence-corrected chi connectivity index (χ1v) is 8.47. The molecule has 4 rings (SSSR count). The van der Waals surface area contributed by atoms with Crippen LogP contribution in [0.2, 0.25) is 0 Å². The second kappa shape index (κ2) is 6.15. The number of nitrogens with zero attached hydrogens (tertiary/aromatic N) is 1. The highest BCUT2D eigenvalue weighted by atomic mass is 16.3. The third kappa shape index (κ3) is 2.60. The fourth-order valence-electron chi connectivity index (χ4n) is 3.70. The summed E-state index contributed by atoms with van der Waals surface area (Å²) < 4.78 is 5.37. The molecule has 0 radical (unpaired) electrons. The summed E-state index contributed by atoms with van der Waals surface area (Å²) in [5.41, 5.74) is 2.14. The van der Waals surface area contributed by atoms with Gasteiger partial charge in [0, 0.05) is 12.2 Å². The Hall–Kier alpha value is -2.56. The Bertz CT molecular complexity index is 754. The van der Waals surface area contributed by atoms with Gasteiger partial charge in [-0.25, -0.2) is 0 Å². The second-order valence-corrected chi connectivity index (χ2v) is 6.43. The van der Waals surface area contributed by atoms with Crippen LogP contribution in [0.5, 0.6) is 0 Å². The molecule has 124 valence electrons. The summed E-state index contributed by atoms with van der Waals surface area (Å²) in [4.78, 5) is 27.2. The number of aryl methyl sites for hydroxylation is 1. The van der Waals surface area contributed by atoms with E-state index in [0.29, 0.717) is 19.4 Å². The van der Waals surface area contributed by atoms with E-state index in [0.717, 1.165) is 24.3 Å². The molecule has 2 unspecified atom stereocenters. The van der Waals surface area contributed by atoms with Gasteiger partial charge >= 0.3 is 0 Å². The number of rotatable bonds is 2. The minimum absolute atomic E-state index is 0.0856. The van der Waals surface area contributed by atoms with Gasteiger partial charge < -0.3 is 14.6 Å². The quantitative estimate of drug-likeness (QED) is 0.864. The molecule has 1 fully saturated rings. The number of furan rings is 1. The van der Waals surface area contributed by atoms with Crippen molar-refractivity contribution in [3.63, 3.8) is 0 Å². The molecule has 3 heterocycles. The van der Waals surface area contributed by atoms with Crippen molar-refractivity contribution in [1.82, 2.24) is 5.32 Å². The molecular weight excluding hydrogens is 304 g/mol. The summed E-state index contributed by atoms with van der Waals surface area (Å²) in [6.07, 6.45) is 4.78. The van der Waals surface area contributed by atoms with E-state index in [9.17, 15) is 9.59 Å². The van der Waals surface area contributed by atoms with Crippen molar-refractivity contribution < 1.29 is 14.0 Å². The first-order valence-electron chi connectivity index (χ1n) is 8.47. The van der Waals surface area contributed by atoms with Crippen molar-refractivity contribution in [3.05, 3.63) is 54.0 Å². The zero-order valence-corrected chi connectivity index (χ0v) is 13.4. The van der Waals surface area contributed by atoms with Gasteiger partial charge in [-0.3, -0.25) is 9.59 Å². The van der Waals surface area contributed by atoms with Gasteiger partial charge in [-0.1, -0.05) is 18.2 Å². The number of carbonyl (C=O) groups is 2. The van der Waals surface area contributed by atoms with E-state index in [2.05, 4.69) is 11.4 Å². The first kappa shape index (κ1) is 15.0. The highest BCUT2D eigenvalue weighted by Gasteiger charge is 2.38. The Morgan fingerprint density at radius 1 is 1.17 bits per heavy atom. The summed E-state index contributed by atoms with van der Waals surface area (Å²) in [5.74, 6) is -0.145. The number of piperidine rings is 1. The van der Waals surface area contributed by atoms with Gasteiger partial charge in [0.1, 0.15) is 11.7 Å². The average Bonchev–Trinajstić information content (AvgIpc) is 3.15. The smallest absolute Gasteiger partial charge is 0.239 e. The van der Waals surface area contributed by atoms with E-state index in [-0.39, 0.29) is 17.9 Å². The Kier molecular flexibility index (Phi) is 3.84. The van der Waals surface area contributed by atoms with E-state index in [1.807, 2.05) is 30.3 Å². The van der Waals surface area contributed by atoms with E-state index in [1.54, 1.807) is 11.2 Å². The molecule has 1 aromatic heterocycles. The molecule has 2 amide bonds. The van der Waals surface area contributed by atoms with Crippen molar-refractivity contribution in [2.24, 2.45) is 5.92 Å². The largest absolute Gasteiger partial charge is 0.467 e. The van der Waals surface area contributed by atoms with Crippen LogP contribution in [-0.2, 0) is 16.0 Å². The predicted octanol–water partition coefficient (Wildman–Crippen LogP) is 2.83. The second-order valence-electron chi connectivity index (χ2n) is 6.43. The van der Waals surface area contributed by atoms with Crippen molar-refractivity contribution in [2.45, 2.75) is 31.7 Å². The molecule has 1 saturated heterocycles. The van der Waals surface area contributed by atoms with Crippen LogP contribution in [0.15, 0.2) is 47.1 Å². The predicted molar refractivity (Wildman–Crippen MR) is 89.4 cm³/mol. The van der Waals surface area contributed by atoms with Gasteiger partial charge in [-0.05, 0) is 49.4 Å². The molecule has 2 aliphatic rings. The average molecular weight is 324 g/mol. The number of hydrogen-bond acceptors (Lipinski definition) is 3. The number of anilines is 1. The van der Waals surface area contributed by atoms with Gasteiger partial charge in [0.2, 0.25) is 11.8 Å². The third-order valence-corrected chi connectivity index (χ3v) is 4.94. The maximum absolute atomic E-state index is 13.0. The van der Waals surface area contributed by atoms with Gasteiger partial charge in [-0.2, -0.15) is 0 Å². The molecule has 2 atom stereocenters. The van der Waals surface area contributed by atoms with Crippen molar-refractivity contribution >= 4 is 17.5 Å². The lowest BCUT2D eigenvalue weighted by Crippen LogP contribution is -2.49. The lowest BCUT2D eigenvalue weighted by atomic mass is 9.90. The van der Waals surface area contributed by atoms with Gasteiger partial charge in [0.15, 0.2) is 0 Å². The lowest BCUT2D eigenvalue weighted by Gasteiger charge is -2.34. The lowest BCUT2D eigenvalue weighted by molar-refractivity contribution is -0.136. The SMILES string of the molecule is O=C1NC(c2ccco2)CCC1C(=O)N1CCCc2ccccc21. The van der Waals surface area contributed by atoms with Gasteiger partial charge in [0.05, 0.1) is 12.3 Å². The fraction of sp³-hybridized carbons (Fsp3) is 0.368. The number of hydrogen-bond donors (Lipinski definition) is 1. The molecule has 0 spiro atoms. The Balaban J connectivity index is 1.51. The summed E-state index contributed by atoms with van der Waals surface area (Å²) in [7, 11) is 0. The van der Waals surface area contributed by atoms with Gasteiger partial charge in [0.25, 0.3) is 0 Å². The molecule has 1 N–H and O–H groups in total. The van der Waals surface area contributed by atoms with Crippen LogP contribution < -0.4 is 10.2 Å². The van der Waals surface area contributed by atoms with Crippen LogP contribution >= 0.6 is 0 Å². The number of para-hydroxylation sites is 1. The monoisotopic (exact) mass is 324 g/mol. The molecule has 2 aliphatic heterocycles. The molecule has 0 bridgehead atoms. The summed E-state index contributed by atoms with van der Waals surface area (Å²) in [5, 5.41) is 2.93. The van der Waals surface area contributed by atoms with Crippen molar-refractivity contribution in [3.8, 4) is 0 Å². The minimum atomic E-state index is -0.609. The number of benzene rings is 1. The van der Waals surface area contributed by atoms with Gasteiger partial charge in [-0.15, -0.1) is 0 Å². The fourth-order valence-corrected chi connectivity index (χ4v) is 3.70. The molecule has 1 aromatic carbocycles. The highest BCUT2D eigenvalue weighted by Crippen LogP contribution is 2.32. The van der Waals surface area contributed by atoms with Crippen molar-refractivity contribution in [2.75, 3.05) is 11.4 Å². The zero-order chi connectivity index (χ0) is 16.5. The van der Waals surface area contributed by atoms with Crippen LogP contribution in [0.3, 0.4) is 0 Å². The standard InChI is InChI=1S/C19H20N2O3/c22-18-14(9-10-15(20-18)17-8-4-12-24-17)19(23)21-11-3-6-13-5-1-2-7-16(13)21/h1-2,4-5,7-8,12,14-15H,3,6,9-11H2,(H,20,22). The molecule has 2 aromatic rings. The molecule has 5 nitrogen and oxygen atoms in total. The summed E-state index contributed by atoms with van der Waals surface area (Å²) in [6, 6.07) is 11.5. The minimum Gasteiger partial charge on any atom is -0.467 e. The summed E-state index contributed by atoms with van der Waals surface area (Å²) in [6.45, 7) is 0.682. The number of amides is 2. The Morgan fingerprint density at radius 3 is 2.83 bits per heavy atom. The van der Waals surface area contributed by atoms with E-state index in [4.69, 9.17) is 4.42 Å². The molecule has 0 saturated carbocycles. The topological polar surface area (TPSA) is 62.6 Å². The van der Waals surface area contributed by atoms with Crippen LogP contribution in [0.1, 0.15) is 36.6 Å². The number of fused-ring (bicyclic) bond motifs is 1. The third-order valence-electron chi connectivity index (χ3n) is 4.94. The zero-order valence-electron chi connectivity index (χ0n) is 13.4. The van der Waals surface area contributed by atoms with Crippen LogP contribution in [0, 0.1) is 5.92 Å². The maximum atomic E-state index is 13.0. The van der Waals surface area contributed by atoms with E-state index >= 15 is 0 Å². The van der Waals surface area contributed by atoms with Crippen molar-refractivity contribution in [1.29, 1.82) is 0 Å². The first-order chi connectivity index (χ1) is 11.7. The maximum Gasteiger partial charge on any atom is 0.239 e. The van der Waals surface area contributed by atoms with Crippen LogP contribution in [0.4, 0.5) is 5.69 Å². The van der Waals surface area contributed by atoms with Crippen LogP contribution in [-0.4, -0.2) is 18.4 Å². The summed E-state index contributed by atoms with van der Waals surface area (Å²) >= 11 is 0. The molecular formula is C19H20N2O3. The number of nitrogens with one attached hydrogen (secondary N) is 1. The Morgan fingerprint density at radius 2 is 2.04 bits per heavy atom. The van der Waals surface area contributed by atoms with E-state index < -0.39 is 5.92 Å². The molecule has 24 heavy (non-hydrogen) atoms. The normalized spacial score (nSPS) is 23.5.